The van der Waals surface area contributed by atoms with Crippen molar-refractivity contribution in [1.82, 2.24) is 15.5 Å². The molecular formula is C20H20FN5O2S2. The molecule has 0 bridgehead atoms. The third kappa shape index (κ3) is 6.01. The summed E-state index contributed by atoms with van der Waals surface area (Å²) in [6.07, 6.45) is 0. The molecule has 2 aromatic carbocycles. The van der Waals surface area contributed by atoms with Crippen LogP contribution in [0.5, 0.6) is 0 Å². The summed E-state index contributed by atoms with van der Waals surface area (Å²) in [6, 6.07) is 11.9. The van der Waals surface area contributed by atoms with Crippen molar-refractivity contribution in [3.63, 3.8) is 0 Å². The summed E-state index contributed by atoms with van der Waals surface area (Å²) < 4.78 is 14.2. The van der Waals surface area contributed by atoms with Crippen LogP contribution in [0.3, 0.4) is 0 Å². The lowest BCUT2D eigenvalue weighted by atomic mass is 10.1. The average molecular weight is 446 g/mol. The fourth-order valence-electron chi connectivity index (χ4n) is 2.43. The molecule has 2 amide bonds. The van der Waals surface area contributed by atoms with Crippen LogP contribution in [-0.4, -0.2) is 34.3 Å². The van der Waals surface area contributed by atoms with Gasteiger partial charge in [0.05, 0.1) is 18.0 Å². The number of anilines is 3. The molecule has 0 radical (unpaired) electrons. The quantitative estimate of drug-likeness (QED) is 0.456. The largest absolute Gasteiger partial charge is 0.346 e. The molecule has 3 rings (SSSR count). The van der Waals surface area contributed by atoms with E-state index in [2.05, 4.69) is 26.1 Å². The first-order valence-corrected chi connectivity index (χ1v) is 10.8. The van der Waals surface area contributed by atoms with E-state index in [9.17, 15) is 14.0 Å². The van der Waals surface area contributed by atoms with E-state index in [0.29, 0.717) is 15.2 Å². The van der Waals surface area contributed by atoms with Gasteiger partial charge in [0.1, 0.15) is 5.82 Å². The zero-order valence-corrected chi connectivity index (χ0v) is 18.0. The van der Waals surface area contributed by atoms with Crippen molar-refractivity contribution in [3.05, 3.63) is 59.4 Å². The number of aromatic nitrogens is 2. The molecule has 156 valence electrons. The molecule has 0 saturated heterocycles. The van der Waals surface area contributed by atoms with E-state index < -0.39 is 0 Å². The maximum atomic E-state index is 13.7. The van der Waals surface area contributed by atoms with Crippen molar-refractivity contribution in [2.45, 2.75) is 18.2 Å². The first-order valence-electron chi connectivity index (χ1n) is 9.03. The highest BCUT2D eigenvalue weighted by molar-refractivity contribution is 8.01. The van der Waals surface area contributed by atoms with Crippen LogP contribution in [-0.2, 0) is 9.59 Å². The van der Waals surface area contributed by atoms with Gasteiger partial charge < -0.3 is 16.0 Å². The third-order valence-electron chi connectivity index (χ3n) is 4.17. The van der Waals surface area contributed by atoms with E-state index in [-0.39, 0.29) is 29.9 Å². The van der Waals surface area contributed by atoms with Gasteiger partial charge in [0.25, 0.3) is 0 Å². The number of benzene rings is 2. The Hall–Kier alpha value is -2.98. The number of para-hydroxylation sites is 1. The number of amides is 2. The van der Waals surface area contributed by atoms with Crippen LogP contribution in [0.4, 0.5) is 20.9 Å². The number of hydrogen-bond acceptors (Lipinski definition) is 7. The summed E-state index contributed by atoms with van der Waals surface area (Å²) in [4.78, 5) is 24.1. The predicted molar refractivity (Wildman–Crippen MR) is 118 cm³/mol. The minimum Gasteiger partial charge on any atom is -0.346 e. The molecule has 1 aromatic heterocycles. The lowest BCUT2D eigenvalue weighted by molar-refractivity contribution is -0.122. The minimum absolute atomic E-state index is 0.0884. The second-order valence-electron chi connectivity index (χ2n) is 6.34. The molecule has 0 fully saturated rings. The number of nitrogens with zero attached hydrogens (tertiary/aromatic N) is 2. The van der Waals surface area contributed by atoms with Crippen LogP contribution in [0.15, 0.2) is 46.8 Å². The van der Waals surface area contributed by atoms with Gasteiger partial charge in [-0.1, -0.05) is 47.4 Å². The van der Waals surface area contributed by atoms with Gasteiger partial charge in [0.2, 0.25) is 16.9 Å². The molecule has 0 aliphatic carbocycles. The Bertz CT molecular complexity index is 1060. The van der Waals surface area contributed by atoms with Crippen molar-refractivity contribution in [3.8, 4) is 0 Å². The number of nitrogens with one attached hydrogen (secondary N) is 3. The predicted octanol–water partition coefficient (Wildman–Crippen LogP) is 3.88. The lowest BCUT2D eigenvalue weighted by Gasteiger charge is -2.10. The van der Waals surface area contributed by atoms with Crippen LogP contribution in [0.1, 0.15) is 11.1 Å². The summed E-state index contributed by atoms with van der Waals surface area (Å²) >= 11 is 2.40. The van der Waals surface area contributed by atoms with Gasteiger partial charge in [-0.15, -0.1) is 10.2 Å². The van der Waals surface area contributed by atoms with Crippen molar-refractivity contribution in [2.75, 3.05) is 22.9 Å². The number of thioether (sulfide) groups is 1. The Morgan fingerprint density at radius 1 is 1.03 bits per heavy atom. The van der Waals surface area contributed by atoms with Crippen molar-refractivity contribution in [1.29, 1.82) is 0 Å². The highest BCUT2D eigenvalue weighted by atomic mass is 32.2. The van der Waals surface area contributed by atoms with Gasteiger partial charge in [-0.05, 0) is 43.2 Å². The fourth-order valence-corrected chi connectivity index (χ4v) is 4.03. The second kappa shape index (κ2) is 10.2. The second-order valence-corrected chi connectivity index (χ2v) is 8.54. The maximum Gasteiger partial charge on any atom is 0.243 e. The molecule has 0 saturated carbocycles. The van der Waals surface area contributed by atoms with Gasteiger partial charge in [-0.2, -0.15) is 0 Å². The Morgan fingerprint density at radius 2 is 1.80 bits per heavy atom. The van der Waals surface area contributed by atoms with Gasteiger partial charge in [-0.25, -0.2) is 4.39 Å². The molecule has 10 heteroatoms. The van der Waals surface area contributed by atoms with E-state index in [0.717, 1.165) is 16.8 Å². The van der Waals surface area contributed by atoms with Crippen LogP contribution in [0.25, 0.3) is 0 Å². The Morgan fingerprint density at radius 3 is 2.60 bits per heavy atom. The molecule has 0 unspecified atom stereocenters. The first-order chi connectivity index (χ1) is 14.4. The molecule has 1 heterocycles. The molecule has 3 aromatic rings. The molecule has 0 aliphatic rings. The highest BCUT2D eigenvalue weighted by Gasteiger charge is 2.11. The standard InChI is InChI=1S/C20H20FN5O2S2/c1-12-6-5-9-15(13(12)2)23-17(27)10-22-18(28)11-29-20-26-25-19(30-20)24-16-8-4-3-7-14(16)21/h3-9H,10-11H2,1-2H3,(H,22,28)(H,23,27)(H,24,25). The maximum absolute atomic E-state index is 13.7. The fraction of sp³-hybridized carbons (Fsp3) is 0.200. The van der Waals surface area contributed by atoms with E-state index >= 15 is 0 Å². The first kappa shape index (κ1) is 21.7. The Kier molecular flexibility index (Phi) is 7.36. The van der Waals surface area contributed by atoms with E-state index in [4.69, 9.17) is 0 Å². The smallest absolute Gasteiger partial charge is 0.243 e. The summed E-state index contributed by atoms with van der Waals surface area (Å²) in [5, 5.41) is 16.6. The SMILES string of the molecule is Cc1cccc(NC(=O)CNC(=O)CSc2nnc(Nc3ccccc3F)s2)c1C. The number of aryl methyl sites for hydroxylation is 1. The lowest BCUT2D eigenvalue weighted by Crippen LogP contribution is -2.34. The summed E-state index contributed by atoms with van der Waals surface area (Å²) in [5.41, 5.74) is 3.10. The molecule has 0 spiro atoms. The number of hydrogen-bond donors (Lipinski definition) is 3. The van der Waals surface area contributed by atoms with Gasteiger partial charge in [0, 0.05) is 5.69 Å². The minimum atomic E-state index is -0.389. The van der Waals surface area contributed by atoms with Crippen LogP contribution in [0.2, 0.25) is 0 Å². The zero-order chi connectivity index (χ0) is 21.5. The van der Waals surface area contributed by atoms with Gasteiger partial charge in [-0.3, -0.25) is 9.59 Å². The number of halogens is 1. The van der Waals surface area contributed by atoms with Crippen molar-refractivity contribution >= 4 is 51.4 Å². The summed E-state index contributed by atoms with van der Waals surface area (Å²) in [7, 11) is 0. The van der Waals surface area contributed by atoms with Crippen LogP contribution in [0, 0.1) is 19.7 Å². The zero-order valence-electron chi connectivity index (χ0n) is 16.4. The number of rotatable bonds is 8. The topological polar surface area (TPSA) is 96.0 Å². The van der Waals surface area contributed by atoms with Crippen LogP contribution >= 0.6 is 23.1 Å². The normalized spacial score (nSPS) is 10.5. The molecule has 0 atom stereocenters. The third-order valence-corrected chi connectivity index (χ3v) is 6.15. The summed E-state index contributed by atoms with van der Waals surface area (Å²) in [5.74, 6) is -0.893. The van der Waals surface area contributed by atoms with Crippen molar-refractivity contribution < 1.29 is 14.0 Å². The molecule has 3 N–H and O–H groups in total. The number of carbonyl (C=O) groups excluding carboxylic acids is 2. The molecule has 0 aliphatic heterocycles. The average Bonchev–Trinajstić information content (AvgIpc) is 3.17. The monoisotopic (exact) mass is 445 g/mol. The van der Waals surface area contributed by atoms with E-state index in [1.807, 2.05) is 32.0 Å². The Balaban J connectivity index is 1.42. The van der Waals surface area contributed by atoms with Crippen molar-refractivity contribution in [2.24, 2.45) is 0 Å². The van der Waals surface area contributed by atoms with Crippen LogP contribution < -0.4 is 16.0 Å². The van der Waals surface area contributed by atoms with E-state index in [1.165, 1.54) is 29.2 Å². The summed E-state index contributed by atoms with van der Waals surface area (Å²) in [6.45, 7) is 3.77. The molecular weight excluding hydrogens is 425 g/mol. The number of carbonyl (C=O) groups is 2. The van der Waals surface area contributed by atoms with Gasteiger partial charge >= 0.3 is 0 Å². The van der Waals surface area contributed by atoms with E-state index in [1.54, 1.807) is 18.2 Å². The van der Waals surface area contributed by atoms with Gasteiger partial charge in [0.15, 0.2) is 4.34 Å². The Labute approximate surface area is 181 Å². The molecule has 30 heavy (non-hydrogen) atoms. The highest BCUT2D eigenvalue weighted by Crippen LogP contribution is 2.28. The molecule has 7 nitrogen and oxygen atoms in total.